The SMILES string of the molecule is c1ccc(N2c3ccc(-n4c5ccccc5c5ccccc54)cc3C3(c4cc(-n5c6ccccc6c6ccccc65)ccc42)c2cccnc2-c2ncccc23)cc1. The molecule has 1 aliphatic carbocycles. The second-order valence-electron chi connectivity index (χ2n) is 15.4. The van der Waals surface area contributed by atoms with Crippen LogP contribution < -0.4 is 4.90 Å². The van der Waals surface area contributed by atoms with Crippen molar-refractivity contribution in [3.05, 3.63) is 223 Å². The Balaban J connectivity index is 1.19. The maximum absolute atomic E-state index is 5.10. The second kappa shape index (κ2) is 11.6. The van der Waals surface area contributed by atoms with Crippen LogP contribution in [0.4, 0.5) is 17.1 Å². The van der Waals surface area contributed by atoms with E-state index in [4.69, 9.17) is 9.97 Å². The third-order valence-electron chi connectivity index (χ3n) is 12.6. The summed E-state index contributed by atoms with van der Waals surface area (Å²) in [6.07, 6.45) is 3.81. The molecule has 7 aromatic carbocycles. The fourth-order valence-electron chi connectivity index (χ4n) is 10.4. The van der Waals surface area contributed by atoms with E-state index in [1.807, 2.05) is 12.4 Å². The monoisotopic (exact) mass is 739 g/mol. The van der Waals surface area contributed by atoms with E-state index in [0.29, 0.717) is 0 Å². The van der Waals surface area contributed by atoms with Gasteiger partial charge in [0.2, 0.25) is 0 Å². The molecular formula is C53H33N5. The summed E-state index contributed by atoms with van der Waals surface area (Å²) in [5.41, 5.74) is 16.0. The minimum Gasteiger partial charge on any atom is -0.310 e. The topological polar surface area (TPSA) is 38.9 Å². The minimum atomic E-state index is -0.743. The maximum Gasteiger partial charge on any atom is 0.0937 e. The van der Waals surface area contributed by atoms with Gasteiger partial charge in [-0.25, -0.2) is 0 Å². The van der Waals surface area contributed by atoms with Gasteiger partial charge >= 0.3 is 0 Å². The highest BCUT2D eigenvalue weighted by molar-refractivity contribution is 6.10. The molecule has 5 heterocycles. The summed E-state index contributed by atoms with van der Waals surface area (Å²) in [6, 6.07) is 68.6. The smallest absolute Gasteiger partial charge is 0.0937 e. The summed E-state index contributed by atoms with van der Waals surface area (Å²) in [5, 5.41) is 4.95. The normalized spacial score (nSPS) is 13.6. The number of aromatic nitrogens is 4. The first-order chi connectivity index (χ1) is 28.8. The largest absolute Gasteiger partial charge is 0.310 e. The average Bonchev–Trinajstić information content (AvgIpc) is 3.92. The molecule has 0 bridgehead atoms. The quantitative estimate of drug-likeness (QED) is 0.181. The Morgan fingerprint density at radius 2 is 0.724 bits per heavy atom. The van der Waals surface area contributed by atoms with Crippen LogP contribution in [0.1, 0.15) is 22.3 Å². The highest BCUT2D eigenvalue weighted by Crippen LogP contribution is 2.63. The van der Waals surface area contributed by atoms with Crippen LogP contribution in [-0.4, -0.2) is 19.1 Å². The van der Waals surface area contributed by atoms with Crippen LogP contribution >= 0.6 is 0 Å². The van der Waals surface area contributed by atoms with E-state index in [-0.39, 0.29) is 0 Å². The molecular weight excluding hydrogens is 707 g/mol. The zero-order valence-corrected chi connectivity index (χ0v) is 31.3. The molecule has 0 N–H and O–H groups in total. The molecule has 5 nitrogen and oxygen atoms in total. The summed E-state index contributed by atoms with van der Waals surface area (Å²) in [6.45, 7) is 0. The lowest BCUT2D eigenvalue weighted by Crippen LogP contribution is -2.36. The third-order valence-corrected chi connectivity index (χ3v) is 12.6. The molecule has 0 amide bonds. The van der Waals surface area contributed by atoms with Crippen LogP contribution in [0.15, 0.2) is 200 Å². The first-order valence-corrected chi connectivity index (χ1v) is 19.8. The number of anilines is 3. The molecule has 4 aromatic heterocycles. The standard InChI is InChI=1S/C53H33N5/c1-2-14-34(15-3-1)56-49-28-26-35(57-45-22-8-4-16-37(45)38-17-5-9-23-46(38)57)32-43(49)53(41-20-12-30-54-51(41)52-42(53)21-13-31-55-52)44-33-36(27-29-50(44)56)58-47-24-10-6-18-39(47)40-19-7-11-25-48(40)58/h1-33H. The summed E-state index contributed by atoms with van der Waals surface area (Å²) in [4.78, 5) is 12.6. The van der Waals surface area contributed by atoms with Crippen molar-refractivity contribution in [3.8, 4) is 22.8 Å². The maximum atomic E-state index is 5.10. The number of fused-ring (bicyclic) bond motifs is 15. The highest BCUT2D eigenvalue weighted by Gasteiger charge is 2.53. The number of hydrogen-bond donors (Lipinski definition) is 0. The van der Waals surface area contributed by atoms with Crippen LogP contribution in [0, 0.1) is 0 Å². The molecule has 270 valence electrons. The zero-order chi connectivity index (χ0) is 38.0. The first-order valence-electron chi connectivity index (χ1n) is 19.8. The molecule has 0 unspecified atom stereocenters. The summed E-state index contributed by atoms with van der Waals surface area (Å²) < 4.78 is 4.86. The Morgan fingerprint density at radius 3 is 1.16 bits per heavy atom. The number of rotatable bonds is 3. The van der Waals surface area contributed by atoms with E-state index in [0.717, 1.165) is 51.0 Å². The van der Waals surface area contributed by atoms with Gasteiger partial charge in [-0.3, -0.25) is 9.97 Å². The van der Waals surface area contributed by atoms with Crippen molar-refractivity contribution in [3.63, 3.8) is 0 Å². The molecule has 2 aliphatic rings. The van der Waals surface area contributed by atoms with E-state index in [1.54, 1.807) is 0 Å². The molecule has 11 aromatic rings. The van der Waals surface area contributed by atoms with Gasteiger partial charge in [-0.1, -0.05) is 103 Å². The van der Waals surface area contributed by atoms with Gasteiger partial charge in [0.05, 0.1) is 50.2 Å². The number of benzene rings is 7. The van der Waals surface area contributed by atoms with E-state index in [9.17, 15) is 0 Å². The summed E-state index contributed by atoms with van der Waals surface area (Å²) >= 11 is 0. The summed E-state index contributed by atoms with van der Waals surface area (Å²) in [5.74, 6) is 0. The Hall–Kier alpha value is -7.76. The van der Waals surface area contributed by atoms with Crippen LogP contribution in [0.5, 0.6) is 0 Å². The van der Waals surface area contributed by atoms with E-state index < -0.39 is 5.41 Å². The van der Waals surface area contributed by atoms with Crippen LogP contribution in [-0.2, 0) is 5.41 Å². The van der Waals surface area contributed by atoms with Crippen molar-refractivity contribution in [1.29, 1.82) is 0 Å². The van der Waals surface area contributed by atoms with Gasteiger partial charge < -0.3 is 14.0 Å². The fourth-order valence-corrected chi connectivity index (χ4v) is 10.4. The van der Waals surface area contributed by atoms with E-state index in [2.05, 4.69) is 202 Å². The van der Waals surface area contributed by atoms with E-state index >= 15 is 0 Å². The predicted octanol–water partition coefficient (Wildman–Crippen LogP) is 12.8. The lowest BCUT2D eigenvalue weighted by atomic mass is 9.64. The number of pyridine rings is 2. The van der Waals surface area contributed by atoms with Crippen molar-refractivity contribution >= 4 is 60.7 Å². The summed E-state index contributed by atoms with van der Waals surface area (Å²) in [7, 11) is 0. The minimum absolute atomic E-state index is 0.743. The third kappa shape index (κ3) is 3.99. The number of nitrogens with zero attached hydrogens (tertiary/aromatic N) is 5. The van der Waals surface area contributed by atoms with Gasteiger partial charge in [0.25, 0.3) is 0 Å². The molecule has 0 saturated heterocycles. The average molecular weight is 740 g/mol. The highest BCUT2D eigenvalue weighted by atomic mass is 15.2. The van der Waals surface area contributed by atoms with Crippen LogP contribution in [0.2, 0.25) is 0 Å². The number of para-hydroxylation sites is 5. The van der Waals surface area contributed by atoms with Crippen molar-refractivity contribution in [2.24, 2.45) is 0 Å². The lowest BCUT2D eigenvalue weighted by Gasteiger charge is -2.45. The first kappa shape index (κ1) is 31.4. The van der Waals surface area contributed by atoms with Gasteiger partial charge in [-0.05, 0) is 107 Å². The molecule has 0 fully saturated rings. The molecule has 5 heteroatoms. The molecule has 0 saturated carbocycles. The van der Waals surface area contributed by atoms with Crippen molar-refractivity contribution in [2.45, 2.75) is 5.41 Å². The predicted molar refractivity (Wildman–Crippen MR) is 236 cm³/mol. The molecule has 13 rings (SSSR count). The van der Waals surface area contributed by atoms with Crippen LogP contribution in [0.25, 0.3) is 66.4 Å². The van der Waals surface area contributed by atoms with Gasteiger partial charge in [-0.2, -0.15) is 0 Å². The van der Waals surface area contributed by atoms with Gasteiger partial charge in [0.1, 0.15) is 0 Å². The zero-order valence-electron chi connectivity index (χ0n) is 31.3. The number of hydrogen-bond acceptors (Lipinski definition) is 3. The van der Waals surface area contributed by atoms with Crippen molar-refractivity contribution in [1.82, 2.24) is 19.1 Å². The van der Waals surface area contributed by atoms with Gasteiger partial charge in [0, 0.05) is 51.0 Å². The molecule has 58 heavy (non-hydrogen) atoms. The van der Waals surface area contributed by atoms with Gasteiger partial charge in [0.15, 0.2) is 0 Å². The fraction of sp³-hybridized carbons (Fsp3) is 0.0189. The molecule has 0 radical (unpaired) electrons. The molecule has 1 spiro atoms. The second-order valence-corrected chi connectivity index (χ2v) is 15.4. The van der Waals surface area contributed by atoms with E-state index in [1.165, 1.54) is 54.7 Å². The Morgan fingerprint density at radius 1 is 0.328 bits per heavy atom. The van der Waals surface area contributed by atoms with Gasteiger partial charge in [-0.15, -0.1) is 0 Å². The van der Waals surface area contributed by atoms with Crippen molar-refractivity contribution < 1.29 is 0 Å². The van der Waals surface area contributed by atoms with Crippen LogP contribution in [0.3, 0.4) is 0 Å². The van der Waals surface area contributed by atoms with Crippen molar-refractivity contribution in [2.75, 3.05) is 4.90 Å². The molecule has 0 atom stereocenters. The molecule has 1 aliphatic heterocycles. The lowest BCUT2D eigenvalue weighted by molar-refractivity contribution is 0.747. The Kier molecular flexibility index (Phi) is 6.31. The Bertz CT molecular complexity index is 3160. The Labute approximate surface area is 334 Å².